The zero-order valence-corrected chi connectivity index (χ0v) is 13.4. The Kier molecular flexibility index (Phi) is 5.49. The second-order valence-electron chi connectivity index (χ2n) is 5.65. The summed E-state index contributed by atoms with van der Waals surface area (Å²) < 4.78 is 40.0. The summed E-state index contributed by atoms with van der Waals surface area (Å²) in [6, 6.07) is 12.7. The Balaban J connectivity index is 1.91. The minimum Gasteiger partial charge on any atom is -0.406 e. The molecule has 0 saturated heterocycles. The normalized spacial score (nSPS) is 11.4. The number of carbonyl (C=O) groups excluding carboxylic acids is 1. The van der Waals surface area contributed by atoms with E-state index in [-0.39, 0.29) is 18.2 Å². The Morgan fingerprint density at radius 1 is 1.04 bits per heavy atom. The number of halogens is 3. The van der Waals surface area contributed by atoms with Gasteiger partial charge in [0, 0.05) is 12.1 Å². The highest BCUT2D eigenvalue weighted by Gasteiger charge is 2.30. The number of hydrogen-bond donors (Lipinski definition) is 1. The Morgan fingerprint density at radius 2 is 1.62 bits per heavy atom. The summed E-state index contributed by atoms with van der Waals surface area (Å²) in [6.07, 6.45) is -4.71. The van der Waals surface area contributed by atoms with Gasteiger partial charge in [-0.15, -0.1) is 13.2 Å². The highest BCUT2D eigenvalue weighted by molar-refractivity contribution is 5.94. The first-order valence-corrected chi connectivity index (χ1v) is 7.47. The maximum Gasteiger partial charge on any atom is 0.573 e. The van der Waals surface area contributed by atoms with E-state index in [4.69, 9.17) is 0 Å². The third-order valence-electron chi connectivity index (χ3n) is 3.45. The quantitative estimate of drug-likeness (QED) is 0.863. The predicted molar refractivity (Wildman–Crippen MR) is 84.8 cm³/mol. The molecule has 0 atom stereocenters. The van der Waals surface area contributed by atoms with E-state index in [1.807, 2.05) is 12.1 Å². The van der Waals surface area contributed by atoms with Crippen LogP contribution in [0.1, 0.15) is 41.3 Å². The van der Waals surface area contributed by atoms with Crippen molar-refractivity contribution in [3.63, 3.8) is 0 Å². The van der Waals surface area contributed by atoms with E-state index in [0.29, 0.717) is 17.0 Å². The lowest BCUT2D eigenvalue weighted by Crippen LogP contribution is -2.22. The third-order valence-corrected chi connectivity index (χ3v) is 3.45. The molecule has 0 fully saturated rings. The molecular weight excluding hydrogens is 319 g/mol. The number of alkyl halides is 3. The SMILES string of the molecule is CC(C)c1ccc(C(=O)NCc2ccc(OC(F)(F)F)cc2)cc1. The molecule has 0 spiro atoms. The zero-order valence-electron chi connectivity index (χ0n) is 13.4. The molecule has 0 saturated carbocycles. The van der Waals surface area contributed by atoms with Gasteiger partial charge in [0.05, 0.1) is 0 Å². The number of hydrogen-bond acceptors (Lipinski definition) is 2. The fourth-order valence-electron chi connectivity index (χ4n) is 2.11. The molecule has 2 aromatic carbocycles. The Bertz CT molecular complexity index is 677. The lowest BCUT2D eigenvalue weighted by atomic mass is 10.0. The van der Waals surface area contributed by atoms with Crippen LogP contribution in [-0.2, 0) is 6.54 Å². The summed E-state index contributed by atoms with van der Waals surface area (Å²) >= 11 is 0. The van der Waals surface area contributed by atoms with Crippen LogP contribution in [0.5, 0.6) is 5.75 Å². The molecule has 3 nitrogen and oxygen atoms in total. The van der Waals surface area contributed by atoms with Gasteiger partial charge in [-0.3, -0.25) is 4.79 Å². The van der Waals surface area contributed by atoms with E-state index in [1.165, 1.54) is 24.3 Å². The monoisotopic (exact) mass is 337 g/mol. The molecule has 6 heteroatoms. The lowest BCUT2D eigenvalue weighted by molar-refractivity contribution is -0.274. The molecule has 0 heterocycles. The van der Waals surface area contributed by atoms with E-state index in [2.05, 4.69) is 23.9 Å². The summed E-state index contributed by atoms with van der Waals surface area (Å²) in [5.74, 6) is -0.137. The van der Waals surface area contributed by atoms with Gasteiger partial charge in [-0.1, -0.05) is 38.1 Å². The molecule has 0 radical (unpaired) electrons. The van der Waals surface area contributed by atoms with Crippen LogP contribution in [0.15, 0.2) is 48.5 Å². The van der Waals surface area contributed by atoms with Gasteiger partial charge in [0.15, 0.2) is 0 Å². The van der Waals surface area contributed by atoms with Crippen LogP contribution < -0.4 is 10.1 Å². The molecule has 24 heavy (non-hydrogen) atoms. The molecule has 128 valence electrons. The molecule has 1 amide bonds. The molecule has 0 bridgehead atoms. The summed E-state index contributed by atoms with van der Waals surface area (Å²) in [6.45, 7) is 4.36. The van der Waals surface area contributed by atoms with Crippen molar-refractivity contribution in [2.75, 3.05) is 0 Å². The maximum absolute atomic E-state index is 12.1. The first-order valence-electron chi connectivity index (χ1n) is 7.47. The van der Waals surface area contributed by atoms with Crippen LogP contribution in [0, 0.1) is 0 Å². The summed E-state index contributed by atoms with van der Waals surface area (Å²) in [5, 5.41) is 2.73. The Hall–Kier alpha value is -2.50. The number of nitrogens with one attached hydrogen (secondary N) is 1. The number of amides is 1. The molecular formula is C18H18F3NO2. The summed E-state index contributed by atoms with van der Waals surface area (Å²) in [7, 11) is 0. The first-order chi connectivity index (χ1) is 11.2. The van der Waals surface area contributed by atoms with Gasteiger partial charge in [-0.2, -0.15) is 0 Å². The topological polar surface area (TPSA) is 38.3 Å². The molecule has 0 aliphatic rings. The number of ether oxygens (including phenoxy) is 1. The highest BCUT2D eigenvalue weighted by Crippen LogP contribution is 2.22. The molecule has 0 aliphatic heterocycles. The number of benzene rings is 2. The third kappa shape index (κ3) is 5.30. The summed E-state index contributed by atoms with van der Waals surface area (Å²) in [5.41, 5.74) is 2.36. The molecule has 1 N–H and O–H groups in total. The fourth-order valence-corrected chi connectivity index (χ4v) is 2.11. The van der Waals surface area contributed by atoms with Crippen molar-refractivity contribution in [3.8, 4) is 5.75 Å². The van der Waals surface area contributed by atoms with E-state index >= 15 is 0 Å². The predicted octanol–water partition coefficient (Wildman–Crippen LogP) is 4.64. The average molecular weight is 337 g/mol. The minimum absolute atomic E-state index is 0.219. The van der Waals surface area contributed by atoms with Gasteiger partial charge in [0.1, 0.15) is 5.75 Å². The molecule has 0 aromatic heterocycles. The van der Waals surface area contributed by atoms with Gasteiger partial charge in [0.2, 0.25) is 0 Å². The van der Waals surface area contributed by atoms with Crippen molar-refractivity contribution >= 4 is 5.91 Å². The van der Waals surface area contributed by atoms with E-state index in [9.17, 15) is 18.0 Å². The van der Waals surface area contributed by atoms with Gasteiger partial charge in [-0.25, -0.2) is 0 Å². The number of rotatable bonds is 5. The molecule has 2 rings (SSSR count). The van der Waals surface area contributed by atoms with Crippen molar-refractivity contribution in [2.24, 2.45) is 0 Å². The van der Waals surface area contributed by atoms with E-state index < -0.39 is 6.36 Å². The van der Waals surface area contributed by atoms with Gasteiger partial charge in [-0.05, 0) is 41.3 Å². The van der Waals surface area contributed by atoms with Crippen molar-refractivity contribution in [1.29, 1.82) is 0 Å². The van der Waals surface area contributed by atoms with Gasteiger partial charge < -0.3 is 10.1 Å². The van der Waals surface area contributed by atoms with Crippen LogP contribution in [0.3, 0.4) is 0 Å². The average Bonchev–Trinajstić information content (AvgIpc) is 2.52. The fraction of sp³-hybridized carbons (Fsp3) is 0.278. The number of carbonyl (C=O) groups is 1. The Morgan fingerprint density at radius 3 is 2.12 bits per heavy atom. The van der Waals surface area contributed by atoms with E-state index in [1.54, 1.807) is 12.1 Å². The van der Waals surface area contributed by atoms with Gasteiger partial charge in [0.25, 0.3) is 5.91 Å². The highest BCUT2D eigenvalue weighted by atomic mass is 19.4. The maximum atomic E-state index is 12.1. The van der Waals surface area contributed by atoms with Crippen LogP contribution >= 0.6 is 0 Å². The van der Waals surface area contributed by atoms with Gasteiger partial charge >= 0.3 is 6.36 Å². The molecule has 0 aliphatic carbocycles. The largest absolute Gasteiger partial charge is 0.573 e. The smallest absolute Gasteiger partial charge is 0.406 e. The minimum atomic E-state index is -4.71. The standard InChI is InChI=1S/C18H18F3NO2/c1-12(2)14-5-7-15(8-6-14)17(23)22-11-13-3-9-16(10-4-13)24-18(19,20)21/h3-10,12H,11H2,1-2H3,(H,22,23). The lowest BCUT2D eigenvalue weighted by Gasteiger charge is -2.10. The van der Waals surface area contributed by atoms with Crippen LogP contribution in [0.2, 0.25) is 0 Å². The molecule has 2 aromatic rings. The first kappa shape index (κ1) is 17.8. The zero-order chi connectivity index (χ0) is 17.7. The van der Waals surface area contributed by atoms with Crippen LogP contribution in [0.4, 0.5) is 13.2 Å². The van der Waals surface area contributed by atoms with Crippen molar-refractivity contribution < 1.29 is 22.7 Å². The Labute approximate surface area is 138 Å². The van der Waals surface area contributed by atoms with Crippen LogP contribution in [-0.4, -0.2) is 12.3 Å². The summed E-state index contributed by atoms with van der Waals surface area (Å²) in [4.78, 5) is 12.1. The van der Waals surface area contributed by atoms with Crippen LogP contribution in [0.25, 0.3) is 0 Å². The second-order valence-corrected chi connectivity index (χ2v) is 5.65. The van der Waals surface area contributed by atoms with E-state index in [0.717, 1.165) is 5.56 Å². The van der Waals surface area contributed by atoms with Crippen molar-refractivity contribution in [3.05, 3.63) is 65.2 Å². The molecule has 0 unspecified atom stereocenters. The van der Waals surface area contributed by atoms with Crippen molar-refractivity contribution in [2.45, 2.75) is 32.7 Å². The second kappa shape index (κ2) is 7.38. The van der Waals surface area contributed by atoms with Crippen molar-refractivity contribution in [1.82, 2.24) is 5.32 Å².